The van der Waals surface area contributed by atoms with Crippen molar-refractivity contribution in [3.63, 3.8) is 0 Å². The molecule has 2 rings (SSSR count). The summed E-state index contributed by atoms with van der Waals surface area (Å²) < 4.78 is 18.3. The number of benzene rings is 2. The van der Waals surface area contributed by atoms with Crippen LogP contribution in [0, 0.1) is 17.1 Å². The zero-order valence-corrected chi connectivity index (χ0v) is 13.7. The number of rotatable bonds is 6. The normalized spacial score (nSPS) is 10.3. The van der Waals surface area contributed by atoms with Crippen LogP contribution in [0.3, 0.4) is 0 Å². The van der Waals surface area contributed by atoms with E-state index in [1.807, 2.05) is 26.0 Å². The Kier molecular flexibility index (Phi) is 5.91. The van der Waals surface area contributed by atoms with E-state index in [4.69, 9.17) is 10.00 Å². The number of hydrogen-bond donors (Lipinski definition) is 0. The first-order valence-corrected chi connectivity index (χ1v) is 7.66. The van der Waals surface area contributed by atoms with Crippen LogP contribution in [0.2, 0.25) is 0 Å². The van der Waals surface area contributed by atoms with Gasteiger partial charge in [-0.1, -0.05) is 12.1 Å². The summed E-state index contributed by atoms with van der Waals surface area (Å²) in [6, 6.07) is 14.8. The predicted molar refractivity (Wildman–Crippen MR) is 88.7 cm³/mol. The van der Waals surface area contributed by atoms with E-state index in [1.165, 1.54) is 24.3 Å². The fraction of sp³-hybridized carbons (Fsp3) is 0.263. The molecule has 0 bridgehead atoms. The van der Waals surface area contributed by atoms with Gasteiger partial charge in [-0.15, -0.1) is 0 Å². The van der Waals surface area contributed by atoms with Gasteiger partial charge in [0.2, 0.25) is 0 Å². The molecule has 0 unspecified atom stereocenters. The highest BCUT2D eigenvalue weighted by Gasteiger charge is 2.18. The lowest BCUT2D eigenvalue weighted by atomic mass is 10.1. The number of halogens is 1. The fourth-order valence-corrected chi connectivity index (χ4v) is 2.20. The van der Waals surface area contributed by atoms with E-state index >= 15 is 0 Å². The van der Waals surface area contributed by atoms with E-state index in [2.05, 4.69) is 6.07 Å². The number of ether oxygens (including phenoxy) is 1. The lowest BCUT2D eigenvalue weighted by Crippen LogP contribution is -2.39. The maximum absolute atomic E-state index is 12.9. The smallest absolute Gasteiger partial charge is 0.261 e. The average Bonchev–Trinajstić information content (AvgIpc) is 2.59. The van der Waals surface area contributed by atoms with E-state index < -0.39 is 0 Å². The molecule has 0 fully saturated rings. The maximum atomic E-state index is 12.9. The zero-order valence-electron chi connectivity index (χ0n) is 13.7. The van der Waals surface area contributed by atoms with Crippen molar-refractivity contribution in [1.82, 2.24) is 4.90 Å². The predicted octanol–water partition coefficient (Wildman–Crippen LogP) is 3.51. The van der Waals surface area contributed by atoms with Gasteiger partial charge in [0.1, 0.15) is 11.6 Å². The topological polar surface area (TPSA) is 53.3 Å². The molecule has 0 heterocycles. The number of carbonyl (C=O) groups excluding carboxylic acids is 1. The SMILES string of the molecule is CC(C)N(Cc1ccc(C#N)cc1)C(=O)COc1ccc(F)cc1. The minimum absolute atomic E-state index is 0.00459. The van der Waals surface area contributed by atoms with Crippen LogP contribution in [0.15, 0.2) is 48.5 Å². The minimum atomic E-state index is -0.349. The lowest BCUT2D eigenvalue weighted by molar-refractivity contribution is -0.135. The molecule has 2 aromatic rings. The molecule has 0 aliphatic carbocycles. The zero-order chi connectivity index (χ0) is 17.5. The Hall–Kier alpha value is -2.87. The molecule has 0 aliphatic heterocycles. The number of amides is 1. The Bertz CT molecular complexity index is 719. The highest BCUT2D eigenvalue weighted by molar-refractivity contribution is 5.78. The van der Waals surface area contributed by atoms with Crippen LogP contribution in [0.4, 0.5) is 4.39 Å². The van der Waals surface area contributed by atoms with Gasteiger partial charge in [0.25, 0.3) is 5.91 Å². The van der Waals surface area contributed by atoms with Gasteiger partial charge in [-0.25, -0.2) is 4.39 Å². The molecule has 0 aromatic heterocycles. The van der Waals surface area contributed by atoms with Gasteiger partial charge in [-0.05, 0) is 55.8 Å². The third-order valence-corrected chi connectivity index (χ3v) is 3.56. The molecule has 0 N–H and O–H groups in total. The van der Waals surface area contributed by atoms with Crippen LogP contribution in [0.1, 0.15) is 25.0 Å². The third-order valence-electron chi connectivity index (χ3n) is 3.56. The second-order valence-corrected chi connectivity index (χ2v) is 5.67. The largest absolute Gasteiger partial charge is 0.484 e. The van der Waals surface area contributed by atoms with Crippen LogP contribution in [0.25, 0.3) is 0 Å². The van der Waals surface area contributed by atoms with Gasteiger partial charge in [0, 0.05) is 12.6 Å². The minimum Gasteiger partial charge on any atom is -0.484 e. The number of nitrogens with zero attached hydrogens (tertiary/aromatic N) is 2. The summed E-state index contributed by atoms with van der Waals surface area (Å²) in [7, 11) is 0. The Morgan fingerprint density at radius 2 is 1.79 bits per heavy atom. The highest BCUT2D eigenvalue weighted by atomic mass is 19.1. The Morgan fingerprint density at radius 1 is 1.17 bits per heavy atom. The van der Waals surface area contributed by atoms with Gasteiger partial charge < -0.3 is 9.64 Å². The summed E-state index contributed by atoms with van der Waals surface area (Å²) in [5.74, 6) is -0.0520. The fourth-order valence-electron chi connectivity index (χ4n) is 2.20. The van der Waals surface area contributed by atoms with E-state index in [1.54, 1.807) is 17.0 Å². The van der Waals surface area contributed by atoms with Crippen molar-refractivity contribution in [2.45, 2.75) is 26.4 Å². The van der Waals surface area contributed by atoms with E-state index in [9.17, 15) is 9.18 Å². The molecular weight excluding hydrogens is 307 g/mol. The van der Waals surface area contributed by atoms with Crippen molar-refractivity contribution >= 4 is 5.91 Å². The number of hydrogen-bond acceptors (Lipinski definition) is 3. The second-order valence-electron chi connectivity index (χ2n) is 5.67. The Balaban J connectivity index is 1.99. The van der Waals surface area contributed by atoms with Crippen LogP contribution in [-0.4, -0.2) is 23.5 Å². The number of nitriles is 1. The summed E-state index contributed by atoms with van der Waals surface area (Å²) in [5, 5.41) is 8.83. The molecule has 5 heteroatoms. The van der Waals surface area contributed by atoms with Crippen molar-refractivity contribution in [3.05, 3.63) is 65.5 Å². The van der Waals surface area contributed by atoms with Gasteiger partial charge in [-0.2, -0.15) is 5.26 Å². The van der Waals surface area contributed by atoms with Gasteiger partial charge in [0.05, 0.1) is 11.6 Å². The molecule has 4 nitrogen and oxygen atoms in total. The van der Waals surface area contributed by atoms with Crippen LogP contribution in [0.5, 0.6) is 5.75 Å². The van der Waals surface area contributed by atoms with E-state index in [-0.39, 0.29) is 24.4 Å². The maximum Gasteiger partial charge on any atom is 0.261 e. The molecule has 1 amide bonds. The second kappa shape index (κ2) is 8.11. The van der Waals surface area contributed by atoms with Crippen LogP contribution >= 0.6 is 0 Å². The van der Waals surface area contributed by atoms with E-state index in [0.29, 0.717) is 17.9 Å². The van der Waals surface area contributed by atoms with Crippen LogP contribution in [-0.2, 0) is 11.3 Å². The van der Waals surface area contributed by atoms with Gasteiger partial charge in [-0.3, -0.25) is 4.79 Å². The third kappa shape index (κ3) is 4.82. The first kappa shape index (κ1) is 17.5. The van der Waals surface area contributed by atoms with Crippen molar-refractivity contribution in [3.8, 4) is 11.8 Å². The molecule has 2 aromatic carbocycles. The summed E-state index contributed by atoms with van der Waals surface area (Å²) in [5.41, 5.74) is 1.53. The molecule has 24 heavy (non-hydrogen) atoms. The monoisotopic (exact) mass is 326 g/mol. The molecule has 0 saturated heterocycles. The summed E-state index contributed by atoms with van der Waals surface area (Å²) >= 11 is 0. The molecule has 0 saturated carbocycles. The molecule has 0 spiro atoms. The van der Waals surface area contributed by atoms with Crippen molar-refractivity contribution < 1.29 is 13.9 Å². The highest BCUT2D eigenvalue weighted by Crippen LogP contribution is 2.13. The van der Waals surface area contributed by atoms with Gasteiger partial charge in [0.15, 0.2) is 6.61 Å². The molecule has 124 valence electrons. The summed E-state index contributed by atoms with van der Waals surface area (Å²) in [6.07, 6.45) is 0. The Morgan fingerprint density at radius 3 is 2.33 bits per heavy atom. The lowest BCUT2D eigenvalue weighted by Gasteiger charge is -2.27. The van der Waals surface area contributed by atoms with Crippen molar-refractivity contribution in [2.24, 2.45) is 0 Å². The average molecular weight is 326 g/mol. The molecule has 0 atom stereocenters. The first-order chi connectivity index (χ1) is 11.5. The molecular formula is C19H19FN2O2. The quantitative estimate of drug-likeness (QED) is 0.816. The van der Waals surface area contributed by atoms with E-state index in [0.717, 1.165) is 5.56 Å². The first-order valence-electron chi connectivity index (χ1n) is 7.66. The molecule has 0 aliphatic rings. The summed E-state index contributed by atoms with van der Waals surface area (Å²) in [6.45, 7) is 4.19. The van der Waals surface area contributed by atoms with Crippen molar-refractivity contribution in [2.75, 3.05) is 6.61 Å². The van der Waals surface area contributed by atoms with Crippen LogP contribution < -0.4 is 4.74 Å². The Labute approximate surface area is 141 Å². The number of carbonyl (C=O) groups is 1. The summed E-state index contributed by atoms with van der Waals surface area (Å²) in [4.78, 5) is 14.1. The standard InChI is InChI=1S/C19H19FN2O2/c1-14(2)22(12-16-5-3-15(11-21)4-6-16)19(23)13-24-18-9-7-17(20)8-10-18/h3-10,14H,12-13H2,1-2H3. The van der Waals surface area contributed by atoms with Crippen molar-refractivity contribution in [1.29, 1.82) is 5.26 Å². The molecule has 0 radical (unpaired) electrons. The van der Waals surface area contributed by atoms with Gasteiger partial charge >= 0.3 is 0 Å².